The highest BCUT2D eigenvalue weighted by Crippen LogP contribution is 2.39. The van der Waals surface area contributed by atoms with E-state index < -0.39 is 0 Å². The molecule has 1 aliphatic heterocycles. The van der Waals surface area contributed by atoms with Gasteiger partial charge in [0.1, 0.15) is 0 Å². The summed E-state index contributed by atoms with van der Waals surface area (Å²) in [5.74, 6) is 0.415. The predicted octanol–water partition coefficient (Wildman–Crippen LogP) is 2.53. The van der Waals surface area contributed by atoms with Gasteiger partial charge in [-0.3, -0.25) is 4.79 Å². The van der Waals surface area contributed by atoms with Gasteiger partial charge in [-0.05, 0) is 39.0 Å². The van der Waals surface area contributed by atoms with Gasteiger partial charge in [-0.2, -0.15) is 0 Å². The van der Waals surface area contributed by atoms with Crippen LogP contribution in [-0.2, 0) is 14.3 Å². The highest BCUT2D eigenvalue weighted by Gasteiger charge is 2.46. The third-order valence-corrected chi connectivity index (χ3v) is 3.00. The molecular weight excluding hydrogens is 192 g/mol. The monoisotopic (exact) mass is 214 g/mol. The molecule has 1 fully saturated rings. The van der Waals surface area contributed by atoms with E-state index in [1.165, 1.54) is 6.92 Å². The summed E-state index contributed by atoms with van der Waals surface area (Å²) in [7, 11) is 0. The second-order valence-corrected chi connectivity index (χ2v) is 5.02. The van der Waals surface area contributed by atoms with Crippen LogP contribution in [0.1, 0.15) is 47.0 Å². The lowest BCUT2D eigenvalue weighted by Gasteiger charge is -2.10. The van der Waals surface area contributed by atoms with Crippen LogP contribution < -0.4 is 0 Å². The molecule has 0 N–H and O–H groups in total. The second kappa shape index (κ2) is 4.97. The maximum Gasteiger partial charge on any atom is 0.302 e. The van der Waals surface area contributed by atoms with Crippen molar-refractivity contribution in [1.82, 2.24) is 0 Å². The molecule has 0 spiro atoms. The third kappa shape index (κ3) is 4.65. The lowest BCUT2D eigenvalue weighted by molar-refractivity contribution is -0.141. The zero-order valence-electron chi connectivity index (χ0n) is 10.2. The average Bonchev–Trinajstić information content (AvgIpc) is 2.70. The van der Waals surface area contributed by atoms with Crippen LogP contribution in [0.2, 0.25) is 0 Å². The summed E-state index contributed by atoms with van der Waals surface area (Å²) in [5.41, 5.74) is 0.107. The van der Waals surface area contributed by atoms with Crippen LogP contribution in [-0.4, -0.2) is 24.3 Å². The molecule has 0 radical (unpaired) electrons. The lowest BCUT2D eigenvalue weighted by Crippen LogP contribution is -2.08. The largest absolute Gasteiger partial charge is 0.466 e. The van der Waals surface area contributed by atoms with Crippen molar-refractivity contribution in [2.75, 3.05) is 6.61 Å². The fourth-order valence-corrected chi connectivity index (χ4v) is 1.72. The summed E-state index contributed by atoms with van der Waals surface area (Å²) in [6.45, 7) is 8.44. The van der Waals surface area contributed by atoms with Gasteiger partial charge in [0.25, 0.3) is 0 Å². The molecule has 0 aromatic carbocycles. The lowest BCUT2D eigenvalue weighted by atomic mass is 9.98. The molecule has 1 unspecified atom stereocenters. The topological polar surface area (TPSA) is 38.8 Å². The first-order valence-corrected chi connectivity index (χ1v) is 5.73. The van der Waals surface area contributed by atoms with Crippen molar-refractivity contribution in [3.63, 3.8) is 0 Å². The van der Waals surface area contributed by atoms with Crippen LogP contribution in [0.3, 0.4) is 0 Å². The molecule has 1 saturated heterocycles. The van der Waals surface area contributed by atoms with Gasteiger partial charge >= 0.3 is 5.97 Å². The predicted molar refractivity (Wildman–Crippen MR) is 58.6 cm³/mol. The molecule has 0 amide bonds. The van der Waals surface area contributed by atoms with E-state index in [0.29, 0.717) is 18.6 Å². The van der Waals surface area contributed by atoms with E-state index in [0.717, 1.165) is 19.3 Å². The van der Waals surface area contributed by atoms with Gasteiger partial charge in [-0.1, -0.05) is 6.92 Å². The standard InChI is InChI=1S/C12H22O3/c1-9(7-8-14-10(2)13)5-6-11-12(3,4)15-11/h9,11H,5-8H2,1-4H3/t9?,11-/m1/s1. The van der Waals surface area contributed by atoms with Crippen molar-refractivity contribution in [3.05, 3.63) is 0 Å². The van der Waals surface area contributed by atoms with Gasteiger partial charge in [0.05, 0.1) is 18.3 Å². The Bertz CT molecular complexity index is 223. The highest BCUT2D eigenvalue weighted by atomic mass is 16.6. The number of hydrogen-bond acceptors (Lipinski definition) is 3. The van der Waals surface area contributed by atoms with E-state index in [1.807, 2.05) is 0 Å². The van der Waals surface area contributed by atoms with Crippen LogP contribution in [0.4, 0.5) is 0 Å². The van der Waals surface area contributed by atoms with Gasteiger partial charge in [0.2, 0.25) is 0 Å². The van der Waals surface area contributed by atoms with E-state index >= 15 is 0 Å². The van der Waals surface area contributed by atoms with E-state index in [-0.39, 0.29) is 11.6 Å². The molecule has 1 heterocycles. The SMILES string of the molecule is CC(=O)OCCC(C)CC[C@H]1OC1(C)C. The van der Waals surface area contributed by atoms with Gasteiger partial charge in [0, 0.05) is 6.92 Å². The van der Waals surface area contributed by atoms with Crippen molar-refractivity contribution < 1.29 is 14.3 Å². The minimum absolute atomic E-state index is 0.107. The molecule has 2 atom stereocenters. The van der Waals surface area contributed by atoms with Gasteiger partial charge in [0.15, 0.2) is 0 Å². The summed E-state index contributed by atoms with van der Waals surface area (Å²) in [6, 6.07) is 0. The summed E-state index contributed by atoms with van der Waals surface area (Å²) in [5, 5.41) is 0. The van der Waals surface area contributed by atoms with E-state index in [4.69, 9.17) is 9.47 Å². The highest BCUT2D eigenvalue weighted by molar-refractivity contribution is 5.65. The van der Waals surface area contributed by atoms with Gasteiger partial charge in [-0.25, -0.2) is 0 Å². The molecule has 0 aromatic rings. The van der Waals surface area contributed by atoms with Crippen molar-refractivity contribution in [3.8, 4) is 0 Å². The number of epoxide rings is 1. The zero-order chi connectivity index (χ0) is 11.5. The van der Waals surface area contributed by atoms with Crippen LogP contribution in [0.25, 0.3) is 0 Å². The Morgan fingerprint density at radius 1 is 1.47 bits per heavy atom. The first kappa shape index (κ1) is 12.5. The Kier molecular flexibility index (Phi) is 4.14. The normalized spacial score (nSPS) is 24.7. The molecule has 0 bridgehead atoms. The number of hydrogen-bond donors (Lipinski definition) is 0. The molecule has 1 aliphatic rings. The van der Waals surface area contributed by atoms with Crippen molar-refractivity contribution in [2.24, 2.45) is 5.92 Å². The van der Waals surface area contributed by atoms with E-state index in [9.17, 15) is 4.79 Å². The minimum Gasteiger partial charge on any atom is -0.466 e. The first-order valence-electron chi connectivity index (χ1n) is 5.73. The molecule has 88 valence electrons. The number of esters is 1. The summed E-state index contributed by atoms with van der Waals surface area (Å²) < 4.78 is 10.4. The molecule has 0 aliphatic carbocycles. The maximum atomic E-state index is 10.5. The number of ether oxygens (including phenoxy) is 2. The Morgan fingerprint density at radius 2 is 2.07 bits per heavy atom. The fraction of sp³-hybridized carbons (Fsp3) is 0.917. The van der Waals surface area contributed by atoms with E-state index in [2.05, 4.69) is 20.8 Å². The molecule has 3 heteroatoms. The Balaban J connectivity index is 1.99. The minimum atomic E-state index is -0.186. The fourth-order valence-electron chi connectivity index (χ4n) is 1.72. The summed E-state index contributed by atoms with van der Waals surface area (Å²) in [4.78, 5) is 10.5. The molecule has 0 saturated carbocycles. The second-order valence-electron chi connectivity index (χ2n) is 5.02. The molecule has 3 nitrogen and oxygen atoms in total. The number of carbonyl (C=O) groups excluding carboxylic acids is 1. The van der Waals surface area contributed by atoms with Crippen LogP contribution in [0.5, 0.6) is 0 Å². The summed E-state index contributed by atoms with van der Waals surface area (Å²) in [6.07, 6.45) is 3.66. The van der Waals surface area contributed by atoms with Crippen LogP contribution >= 0.6 is 0 Å². The zero-order valence-corrected chi connectivity index (χ0v) is 10.2. The quantitative estimate of drug-likeness (QED) is 0.504. The van der Waals surface area contributed by atoms with Crippen molar-refractivity contribution in [1.29, 1.82) is 0 Å². The smallest absolute Gasteiger partial charge is 0.302 e. The van der Waals surface area contributed by atoms with Crippen molar-refractivity contribution >= 4 is 5.97 Å². The first-order chi connectivity index (χ1) is 6.92. The van der Waals surface area contributed by atoms with Gasteiger partial charge < -0.3 is 9.47 Å². The Morgan fingerprint density at radius 3 is 2.53 bits per heavy atom. The van der Waals surface area contributed by atoms with Gasteiger partial charge in [-0.15, -0.1) is 0 Å². The maximum absolute atomic E-state index is 10.5. The number of rotatable bonds is 6. The molecule has 1 rings (SSSR count). The third-order valence-electron chi connectivity index (χ3n) is 3.00. The van der Waals surface area contributed by atoms with Crippen LogP contribution in [0, 0.1) is 5.92 Å². The Hall–Kier alpha value is -0.570. The van der Waals surface area contributed by atoms with Crippen LogP contribution in [0.15, 0.2) is 0 Å². The summed E-state index contributed by atoms with van der Waals surface area (Å²) >= 11 is 0. The van der Waals surface area contributed by atoms with Crippen molar-refractivity contribution in [2.45, 2.75) is 58.7 Å². The number of carbonyl (C=O) groups is 1. The molecular formula is C12H22O3. The Labute approximate surface area is 92.1 Å². The molecule has 15 heavy (non-hydrogen) atoms. The molecule has 0 aromatic heterocycles. The van der Waals surface area contributed by atoms with E-state index in [1.54, 1.807) is 0 Å². The average molecular weight is 214 g/mol.